The third kappa shape index (κ3) is 3.27. The van der Waals surface area contributed by atoms with E-state index < -0.39 is 6.10 Å². The number of hydrogen-bond donors (Lipinski definition) is 1. The second kappa shape index (κ2) is 5.32. The van der Waals surface area contributed by atoms with Gasteiger partial charge in [0.05, 0.1) is 13.2 Å². The van der Waals surface area contributed by atoms with Crippen LogP contribution in [0.25, 0.3) is 0 Å². The molecular weight excluding hydrogens is 182 g/mol. The maximum Gasteiger partial charge on any atom is 0.334 e. The van der Waals surface area contributed by atoms with Gasteiger partial charge in [-0.2, -0.15) is 0 Å². The Bertz CT molecular complexity index is 196. The Hall–Kier alpha value is -0.610. The van der Waals surface area contributed by atoms with E-state index in [4.69, 9.17) is 10.5 Å². The first-order valence-electron chi connectivity index (χ1n) is 5.12. The fraction of sp³-hybridized carbons (Fsp3) is 0.900. The topological polar surface area (TPSA) is 61.5 Å². The molecule has 0 bridgehead atoms. The van der Waals surface area contributed by atoms with E-state index in [0.717, 1.165) is 25.7 Å². The van der Waals surface area contributed by atoms with E-state index in [1.54, 1.807) is 6.92 Å². The Morgan fingerprint density at radius 3 is 2.79 bits per heavy atom. The summed E-state index contributed by atoms with van der Waals surface area (Å²) in [4.78, 5) is 11.1. The van der Waals surface area contributed by atoms with E-state index in [1.807, 2.05) is 0 Å². The molecule has 14 heavy (non-hydrogen) atoms. The van der Waals surface area contributed by atoms with E-state index >= 15 is 0 Å². The molecule has 0 aromatic rings. The lowest BCUT2D eigenvalue weighted by molar-refractivity contribution is -0.157. The van der Waals surface area contributed by atoms with Crippen molar-refractivity contribution in [3.63, 3.8) is 0 Å². The molecule has 0 aromatic heterocycles. The smallest absolute Gasteiger partial charge is 0.334 e. The fourth-order valence-electron chi connectivity index (χ4n) is 1.81. The van der Waals surface area contributed by atoms with E-state index in [0.29, 0.717) is 0 Å². The van der Waals surface area contributed by atoms with Gasteiger partial charge in [0.15, 0.2) is 6.10 Å². The van der Waals surface area contributed by atoms with Gasteiger partial charge in [-0.3, -0.25) is 0 Å². The lowest BCUT2D eigenvalue weighted by atomic mass is 9.93. The summed E-state index contributed by atoms with van der Waals surface area (Å²) in [6, 6.07) is 0.221. The van der Waals surface area contributed by atoms with Crippen molar-refractivity contribution in [2.45, 2.75) is 50.9 Å². The predicted molar refractivity (Wildman–Crippen MR) is 52.8 cm³/mol. The van der Waals surface area contributed by atoms with Gasteiger partial charge in [-0.15, -0.1) is 0 Å². The highest BCUT2D eigenvalue weighted by molar-refractivity contribution is 5.73. The van der Waals surface area contributed by atoms with Crippen molar-refractivity contribution in [1.82, 2.24) is 0 Å². The molecule has 2 N–H and O–H groups in total. The minimum atomic E-state index is -0.477. The van der Waals surface area contributed by atoms with Crippen LogP contribution < -0.4 is 5.73 Å². The van der Waals surface area contributed by atoms with Crippen molar-refractivity contribution >= 4 is 5.97 Å². The molecule has 3 unspecified atom stereocenters. The molecule has 1 rings (SSSR count). The Morgan fingerprint density at radius 2 is 2.21 bits per heavy atom. The number of carbonyl (C=O) groups excluding carboxylic acids is 1. The number of ether oxygens (including phenoxy) is 2. The standard InChI is InChI=1S/C10H19NO3/c1-7(10(12)13-2)14-9-5-3-4-8(11)6-9/h7-9H,3-6,11H2,1-2H3. The second-order valence-electron chi connectivity index (χ2n) is 3.85. The molecule has 1 fully saturated rings. The zero-order valence-corrected chi connectivity index (χ0v) is 8.86. The molecular formula is C10H19NO3. The maximum atomic E-state index is 11.1. The minimum absolute atomic E-state index is 0.118. The average Bonchev–Trinajstić information content (AvgIpc) is 2.16. The van der Waals surface area contributed by atoms with Gasteiger partial charge in [-0.1, -0.05) is 0 Å². The number of rotatable bonds is 3. The van der Waals surface area contributed by atoms with Crippen LogP contribution in [-0.2, 0) is 14.3 Å². The van der Waals surface area contributed by atoms with Gasteiger partial charge in [0, 0.05) is 6.04 Å². The summed E-state index contributed by atoms with van der Waals surface area (Å²) in [7, 11) is 1.37. The Balaban J connectivity index is 2.32. The van der Waals surface area contributed by atoms with Gasteiger partial charge in [-0.25, -0.2) is 4.79 Å². The molecule has 1 saturated carbocycles. The average molecular weight is 201 g/mol. The van der Waals surface area contributed by atoms with Crippen LogP contribution >= 0.6 is 0 Å². The summed E-state index contributed by atoms with van der Waals surface area (Å²) in [5, 5.41) is 0. The van der Waals surface area contributed by atoms with Crippen LogP contribution in [0.3, 0.4) is 0 Å². The molecule has 0 aromatic carbocycles. The zero-order chi connectivity index (χ0) is 10.6. The quantitative estimate of drug-likeness (QED) is 0.687. The molecule has 0 heterocycles. The molecule has 1 aliphatic carbocycles. The van der Waals surface area contributed by atoms with Gasteiger partial charge in [0.25, 0.3) is 0 Å². The number of nitrogens with two attached hydrogens (primary N) is 1. The van der Waals surface area contributed by atoms with Gasteiger partial charge in [0.2, 0.25) is 0 Å². The zero-order valence-electron chi connectivity index (χ0n) is 8.86. The molecule has 0 spiro atoms. The van der Waals surface area contributed by atoms with Crippen LogP contribution in [0, 0.1) is 0 Å². The first-order chi connectivity index (χ1) is 6.63. The van der Waals surface area contributed by atoms with Crippen LogP contribution in [0.15, 0.2) is 0 Å². The van der Waals surface area contributed by atoms with Gasteiger partial charge >= 0.3 is 5.97 Å². The number of carbonyl (C=O) groups is 1. The first kappa shape index (κ1) is 11.5. The van der Waals surface area contributed by atoms with Crippen molar-refractivity contribution in [2.24, 2.45) is 5.73 Å². The number of esters is 1. The lowest BCUT2D eigenvalue weighted by Gasteiger charge is -2.28. The predicted octanol–water partition coefficient (Wildman–Crippen LogP) is 0.834. The van der Waals surface area contributed by atoms with E-state index in [1.165, 1.54) is 7.11 Å². The highest BCUT2D eigenvalue weighted by Crippen LogP contribution is 2.21. The van der Waals surface area contributed by atoms with Crippen molar-refractivity contribution in [1.29, 1.82) is 0 Å². The SMILES string of the molecule is COC(=O)C(C)OC1CCCC(N)C1. The molecule has 4 nitrogen and oxygen atoms in total. The van der Waals surface area contributed by atoms with Crippen molar-refractivity contribution in [3.8, 4) is 0 Å². The van der Waals surface area contributed by atoms with Crippen LogP contribution in [0.1, 0.15) is 32.6 Å². The summed E-state index contributed by atoms with van der Waals surface area (Å²) < 4.78 is 10.1. The van der Waals surface area contributed by atoms with Crippen molar-refractivity contribution in [3.05, 3.63) is 0 Å². The number of hydrogen-bond acceptors (Lipinski definition) is 4. The largest absolute Gasteiger partial charge is 0.467 e. The highest BCUT2D eigenvalue weighted by Gasteiger charge is 2.24. The molecule has 0 aliphatic heterocycles. The molecule has 3 atom stereocenters. The molecule has 1 aliphatic rings. The van der Waals surface area contributed by atoms with Gasteiger partial charge < -0.3 is 15.2 Å². The number of methoxy groups -OCH3 is 1. The van der Waals surface area contributed by atoms with E-state index in [-0.39, 0.29) is 18.1 Å². The molecule has 0 saturated heterocycles. The molecule has 4 heteroatoms. The van der Waals surface area contributed by atoms with Crippen LogP contribution in [0.4, 0.5) is 0 Å². The minimum Gasteiger partial charge on any atom is -0.467 e. The summed E-state index contributed by atoms with van der Waals surface area (Å²) in [6.45, 7) is 1.71. The van der Waals surface area contributed by atoms with E-state index in [9.17, 15) is 4.79 Å². The van der Waals surface area contributed by atoms with E-state index in [2.05, 4.69) is 4.74 Å². The Labute approximate surface area is 84.7 Å². The Morgan fingerprint density at radius 1 is 1.50 bits per heavy atom. The maximum absolute atomic E-state index is 11.1. The molecule has 82 valence electrons. The third-order valence-electron chi connectivity index (χ3n) is 2.60. The summed E-state index contributed by atoms with van der Waals surface area (Å²) in [5.74, 6) is -0.316. The van der Waals surface area contributed by atoms with Gasteiger partial charge in [0.1, 0.15) is 0 Å². The molecule has 0 radical (unpaired) electrons. The van der Waals surface area contributed by atoms with Crippen molar-refractivity contribution < 1.29 is 14.3 Å². The normalized spacial score (nSPS) is 29.6. The lowest BCUT2D eigenvalue weighted by Crippen LogP contribution is -2.36. The van der Waals surface area contributed by atoms with Crippen LogP contribution in [0.5, 0.6) is 0 Å². The van der Waals surface area contributed by atoms with Crippen molar-refractivity contribution in [2.75, 3.05) is 7.11 Å². The Kier molecular flexibility index (Phi) is 4.35. The van der Waals surface area contributed by atoms with Crippen LogP contribution in [0.2, 0.25) is 0 Å². The third-order valence-corrected chi connectivity index (χ3v) is 2.60. The van der Waals surface area contributed by atoms with Gasteiger partial charge in [-0.05, 0) is 32.6 Å². The highest BCUT2D eigenvalue weighted by atomic mass is 16.6. The molecule has 0 amide bonds. The summed E-state index contributed by atoms with van der Waals surface area (Å²) in [6.07, 6.45) is 3.63. The summed E-state index contributed by atoms with van der Waals surface area (Å²) in [5.41, 5.74) is 5.81. The second-order valence-corrected chi connectivity index (χ2v) is 3.85. The first-order valence-corrected chi connectivity index (χ1v) is 5.12. The van der Waals surface area contributed by atoms with Crippen LogP contribution in [-0.4, -0.2) is 31.3 Å². The monoisotopic (exact) mass is 201 g/mol. The summed E-state index contributed by atoms with van der Waals surface area (Å²) >= 11 is 0. The fourth-order valence-corrected chi connectivity index (χ4v) is 1.81.